The maximum Gasteiger partial charge on any atom is 0.321 e. The highest BCUT2D eigenvalue weighted by atomic mass is 16.5. The van der Waals surface area contributed by atoms with E-state index in [0.29, 0.717) is 26.3 Å². The Morgan fingerprint density at radius 1 is 1.35 bits per heavy atom. The van der Waals surface area contributed by atoms with E-state index in [2.05, 4.69) is 5.32 Å². The Hall–Kier alpha value is -1.63. The first-order chi connectivity index (χ1) is 12.6. The number of rotatable bonds is 5. The van der Waals surface area contributed by atoms with E-state index in [0.717, 1.165) is 43.5 Å². The molecule has 2 aliphatic heterocycles. The molecular formula is C20H30N2O4. The third kappa shape index (κ3) is 4.96. The van der Waals surface area contributed by atoms with Crippen molar-refractivity contribution >= 4 is 11.7 Å². The Balaban J connectivity index is 1.49. The molecule has 2 heterocycles. The van der Waals surface area contributed by atoms with Crippen LogP contribution in [0, 0.1) is 6.92 Å². The standard InChI is InChI=1S/C20H30N2O4/c1-16-4-3-5-17(14-16)21-19(23)22-9-7-20(8-10-22)15-18(6-11-26-20)25-13-12-24-2/h3-5,14,18H,6-13,15H2,1-2H3,(H,21,23). The average molecular weight is 362 g/mol. The number of likely N-dealkylation sites (tertiary alicyclic amines) is 1. The third-order valence-electron chi connectivity index (χ3n) is 5.32. The van der Waals surface area contributed by atoms with Gasteiger partial charge in [0.2, 0.25) is 0 Å². The molecule has 0 aromatic heterocycles. The molecular weight excluding hydrogens is 332 g/mol. The zero-order valence-corrected chi connectivity index (χ0v) is 15.8. The third-order valence-corrected chi connectivity index (χ3v) is 5.32. The second-order valence-corrected chi connectivity index (χ2v) is 7.30. The molecule has 6 heteroatoms. The Kier molecular flexibility index (Phi) is 6.51. The van der Waals surface area contributed by atoms with Crippen LogP contribution in [-0.2, 0) is 14.2 Å². The summed E-state index contributed by atoms with van der Waals surface area (Å²) < 4.78 is 17.1. The van der Waals surface area contributed by atoms with Crippen LogP contribution in [0.1, 0.15) is 31.2 Å². The summed E-state index contributed by atoms with van der Waals surface area (Å²) in [6.45, 7) is 5.42. The van der Waals surface area contributed by atoms with Gasteiger partial charge < -0.3 is 24.4 Å². The highest BCUT2D eigenvalue weighted by molar-refractivity contribution is 5.89. The number of nitrogens with zero attached hydrogens (tertiary/aromatic N) is 1. The topological polar surface area (TPSA) is 60.0 Å². The summed E-state index contributed by atoms with van der Waals surface area (Å²) in [5.41, 5.74) is 1.84. The first kappa shape index (κ1) is 19.1. The van der Waals surface area contributed by atoms with Crippen molar-refractivity contribution in [2.75, 3.05) is 45.3 Å². The number of amides is 2. The summed E-state index contributed by atoms with van der Waals surface area (Å²) in [7, 11) is 1.69. The number of piperidine rings is 1. The summed E-state index contributed by atoms with van der Waals surface area (Å²) in [6.07, 6.45) is 3.79. The van der Waals surface area contributed by atoms with Crippen LogP contribution in [0.2, 0.25) is 0 Å². The Labute approximate surface area is 155 Å². The number of nitrogens with one attached hydrogen (secondary N) is 1. The first-order valence-corrected chi connectivity index (χ1v) is 9.47. The molecule has 0 saturated carbocycles. The van der Waals surface area contributed by atoms with Gasteiger partial charge in [-0.2, -0.15) is 0 Å². The van der Waals surface area contributed by atoms with Crippen LogP contribution in [0.5, 0.6) is 0 Å². The van der Waals surface area contributed by atoms with E-state index in [1.165, 1.54) is 0 Å². The molecule has 2 saturated heterocycles. The van der Waals surface area contributed by atoms with Crippen molar-refractivity contribution in [1.29, 1.82) is 0 Å². The number of methoxy groups -OCH3 is 1. The van der Waals surface area contributed by atoms with E-state index in [1.807, 2.05) is 36.1 Å². The van der Waals surface area contributed by atoms with Crippen LogP contribution < -0.4 is 5.32 Å². The number of hydrogen-bond donors (Lipinski definition) is 1. The normalized spacial score (nSPS) is 22.4. The molecule has 1 unspecified atom stereocenters. The molecule has 2 aliphatic rings. The maximum atomic E-state index is 12.5. The lowest BCUT2D eigenvalue weighted by Crippen LogP contribution is -2.52. The molecule has 1 N–H and O–H groups in total. The molecule has 0 bridgehead atoms. The van der Waals surface area contributed by atoms with Crippen LogP contribution in [0.3, 0.4) is 0 Å². The largest absolute Gasteiger partial charge is 0.382 e. The highest BCUT2D eigenvalue weighted by Crippen LogP contribution is 2.36. The molecule has 2 fully saturated rings. The first-order valence-electron chi connectivity index (χ1n) is 9.47. The van der Waals surface area contributed by atoms with E-state index >= 15 is 0 Å². The quantitative estimate of drug-likeness (QED) is 0.817. The van der Waals surface area contributed by atoms with Crippen LogP contribution in [0.15, 0.2) is 24.3 Å². The van der Waals surface area contributed by atoms with Gasteiger partial charge in [0.25, 0.3) is 0 Å². The summed E-state index contributed by atoms with van der Waals surface area (Å²) in [6, 6.07) is 7.84. The Morgan fingerprint density at radius 2 is 2.15 bits per heavy atom. The van der Waals surface area contributed by atoms with E-state index < -0.39 is 0 Å². The number of ether oxygens (including phenoxy) is 3. The molecule has 1 spiro atoms. The molecule has 144 valence electrons. The minimum absolute atomic E-state index is 0.0332. The maximum absolute atomic E-state index is 12.5. The van der Waals surface area contributed by atoms with Crippen LogP contribution >= 0.6 is 0 Å². The summed E-state index contributed by atoms with van der Waals surface area (Å²) in [5.74, 6) is 0. The molecule has 1 aromatic rings. The molecule has 3 rings (SSSR count). The van der Waals surface area contributed by atoms with Crippen molar-refractivity contribution in [2.24, 2.45) is 0 Å². The lowest BCUT2D eigenvalue weighted by Gasteiger charge is -2.46. The zero-order valence-electron chi connectivity index (χ0n) is 15.8. The number of aryl methyl sites for hydroxylation is 1. The van der Waals surface area contributed by atoms with Crippen molar-refractivity contribution in [1.82, 2.24) is 4.90 Å². The highest BCUT2D eigenvalue weighted by Gasteiger charge is 2.41. The van der Waals surface area contributed by atoms with Gasteiger partial charge in [-0.15, -0.1) is 0 Å². The average Bonchev–Trinajstić information content (AvgIpc) is 2.63. The van der Waals surface area contributed by atoms with Gasteiger partial charge in [-0.3, -0.25) is 0 Å². The number of urea groups is 1. The van der Waals surface area contributed by atoms with Gasteiger partial charge in [0.05, 0.1) is 24.9 Å². The molecule has 0 radical (unpaired) electrons. The van der Waals surface area contributed by atoms with Crippen molar-refractivity contribution in [3.8, 4) is 0 Å². The van der Waals surface area contributed by atoms with Gasteiger partial charge in [-0.05, 0) is 43.9 Å². The Bertz CT molecular complexity index is 599. The molecule has 6 nitrogen and oxygen atoms in total. The van der Waals surface area contributed by atoms with Gasteiger partial charge in [0, 0.05) is 38.9 Å². The molecule has 0 aliphatic carbocycles. The number of anilines is 1. The SMILES string of the molecule is COCCOC1CCOC2(CCN(C(=O)Nc3cccc(C)c3)CC2)C1. The summed E-state index contributed by atoms with van der Waals surface area (Å²) in [5, 5.41) is 2.99. The van der Waals surface area contributed by atoms with Gasteiger partial charge in [0.15, 0.2) is 0 Å². The smallest absolute Gasteiger partial charge is 0.321 e. The number of hydrogen-bond acceptors (Lipinski definition) is 4. The van der Waals surface area contributed by atoms with Gasteiger partial charge in [-0.1, -0.05) is 12.1 Å². The predicted molar refractivity (Wildman–Crippen MR) is 101 cm³/mol. The molecule has 26 heavy (non-hydrogen) atoms. The lowest BCUT2D eigenvalue weighted by atomic mass is 9.83. The summed E-state index contributed by atoms with van der Waals surface area (Å²) in [4.78, 5) is 14.4. The molecule has 2 amide bonds. The van der Waals surface area contributed by atoms with E-state index in [1.54, 1.807) is 7.11 Å². The molecule has 1 aromatic carbocycles. The monoisotopic (exact) mass is 362 g/mol. The summed E-state index contributed by atoms with van der Waals surface area (Å²) >= 11 is 0. The van der Waals surface area contributed by atoms with Gasteiger partial charge in [0.1, 0.15) is 0 Å². The minimum Gasteiger partial charge on any atom is -0.382 e. The number of carbonyl (C=O) groups is 1. The second-order valence-electron chi connectivity index (χ2n) is 7.30. The van der Waals surface area contributed by atoms with Crippen molar-refractivity contribution in [3.05, 3.63) is 29.8 Å². The lowest BCUT2D eigenvalue weighted by molar-refractivity contribution is -0.154. The fourth-order valence-electron chi connectivity index (χ4n) is 3.81. The van der Waals surface area contributed by atoms with E-state index in [9.17, 15) is 4.79 Å². The van der Waals surface area contributed by atoms with Crippen molar-refractivity contribution < 1.29 is 19.0 Å². The van der Waals surface area contributed by atoms with Crippen molar-refractivity contribution in [3.63, 3.8) is 0 Å². The van der Waals surface area contributed by atoms with Crippen LogP contribution in [0.25, 0.3) is 0 Å². The van der Waals surface area contributed by atoms with Crippen molar-refractivity contribution in [2.45, 2.75) is 44.3 Å². The van der Waals surface area contributed by atoms with Gasteiger partial charge >= 0.3 is 6.03 Å². The Morgan fingerprint density at radius 3 is 2.88 bits per heavy atom. The van der Waals surface area contributed by atoms with E-state index in [-0.39, 0.29) is 17.7 Å². The fourth-order valence-corrected chi connectivity index (χ4v) is 3.81. The number of carbonyl (C=O) groups excluding carboxylic acids is 1. The van der Waals surface area contributed by atoms with E-state index in [4.69, 9.17) is 14.2 Å². The van der Waals surface area contributed by atoms with Gasteiger partial charge in [-0.25, -0.2) is 4.79 Å². The second kappa shape index (κ2) is 8.84. The minimum atomic E-state index is -0.143. The van der Waals surface area contributed by atoms with Crippen LogP contribution in [0.4, 0.5) is 10.5 Å². The number of benzene rings is 1. The molecule has 1 atom stereocenters. The fraction of sp³-hybridized carbons (Fsp3) is 0.650. The predicted octanol–water partition coefficient (Wildman–Crippen LogP) is 3.20. The van der Waals surface area contributed by atoms with Crippen LogP contribution in [-0.4, -0.2) is 62.7 Å². The zero-order chi connectivity index (χ0) is 18.4.